The highest BCUT2D eigenvalue weighted by Crippen LogP contribution is 2.30. The summed E-state index contributed by atoms with van der Waals surface area (Å²) in [4.78, 5) is 13.9. The van der Waals surface area contributed by atoms with Gasteiger partial charge >= 0.3 is 0 Å². The lowest BCUT2D eigenvalue weighted by Crippen LogP contribution is -2.39. The lowest BCUT2D eigenvalue weighted by molar-refractivity contribution is -0.124. The van der Waals surface area contributed by atoms with Gasteiger partial charge in [0.15, 0.2) is 0 Å². The minimum absolute atomic E-state index is 0.236. The van der Waals surface area contributed by atoms with Crippen molar-refractivity contribution in [1.29, 1.82) is 0 Å². The maximum Gasteiger partial charge on any atom is 0.245 e. The van der Waals surface area contributed by atoms with Gasteiger partial charge in [0.2, 0.25) is 5.91 Å². The number of hydrogen-bond acceptors (Lipinski definition) is 4. The topological polar surface area (TPSA) is 61.8 Å². The van der Waals surface area contributed by atoms with E-state index in [1.807, 2.05) is 6.07 Å². The summed E-state index contributed by atoms with van der Waals surface area (Å²) in [5.41, 5.74) is 1.36. The van der Waals surface area contributed by atoms with Crippen molar-refractivity contribution in [2.45, 2.75) is 63.8 Å². The van der Waals surface area contributed by atoms with E-state index < -0.39 is 6.61 Å². The van der Waals surface area contributed by atoms with Crippen LogP contribution in [0.25, 0.3) is 0 Å². The molecule has 0 atom stereocenters. The van der Waals surface area contributed by atoms with E-state index in [2.05, 4.69) is 38.3 Å². The predicted octanol–water partition coefficient (Wildman–Crippen LogP) is 4.16. The van der Waals surface area contributed by atoms with Crippen LogP contribution in [0.3, 0.4) is 0 Å². The summed E-state index contributed by atoms with van der Waals surface area (Å²) in [6.45, 7) is 3.25. The van der Waals surface area contributed by atoms with Crippen LogP contribution in [-0.4, -0.2) is 55.3 Å². The fourth-order valence-corrected chi connectivity index (χ4v) is 5.44. The van der Waals surface area contributed by atoms with E-state index in [9.17, 15) is 4.79 Å². The van der Waals surface area contributed by atoms with Gasteiger partial charge in [0.05, 0.1) is 7.11 Å². The number of aliphatic hydroxyl groups is 1. The highest BCUT2D eigenvalue weighted by Gasteiger charge is 2.23. The minimum atomic E-state index is -0.395. The Morgan fingerprint density at radius 2 is 1.90 bits per heavy atom. The predicted molar refractivity (Wildman–Crippen MR) is 124 cm³/mol. The summed E-state index contributed by atoms with van der Waals surface area (Å²) in [5, 5.41) is 11.8. The second-order valence-electron chi connectivity index (χ2n) is 9.03. The Kier molecular flexibility index (Phi) is 9.47. The van der Waals surface area contributed by atoms with Crippen molar-refractivity contribution >= 4 is 21.8 Å². The van der Waals surface area contributed by atoms with E-state index in [-0.39, 0.29) is 11.9 Å². The van der Waals surface area contributed by atoms with Gasteiger partial charge in [-0.1, -0.05) is 15.9 Å². The number of rotatable bonds is 9. The molecule has 168 valence electrons. The van der Waals surface area contributed by atoms with Crippen molar-refractivity contribution in [2.75, 3.05) is 33.4 Å². The molecule has 1 saturated heterocycles. The summed E-state index contributed by atoms with van der Waals surface area (Å²) in [7, 11) is 1.73. The Labute approximate surface area is 189 Å². The number of amides is 1. The molecule has 0 spiro atoms. The fraction of sp³-hybridized carbons (Fsp3) is 0.708. The molecule has 6 heteroatoms. The number of ether oxygens (including phenoxy) is 1. The van der Waals surface area contributed by atoms with Gasteiger partial charge in [0, 0.05) is 10.5 Å². The standard InChI is InChI=1S/C24H37BrN2O3/c1-30-22-8-9-23(25)20(16-22)15-19-10-13-27(14-11-19)12-2-3-18-4-6-21(7-5-18)26-24(29)17-28/h8-9,16,18-19,21,28H,2-7,10-15,17H2,1H3,(H,26,29)/t18-,21-. The summed E-state index contributed by atoms with van der Waals surface area (Å²) < 4.78 is 6.57. The number of carbonyl (C=O) groups excluding carboxylic acids is 1. The first-order valence-electron chi connectivity index (χ1n) is 11.5. The zero-order valence-corrected chi connectivity index (χ0v) is 19.8. The van der Waals surface area contributed by atoms with E-state index >= 15 is 0 Å². The van der Waals surface area contributed by atoms with Gasteiger partial charge in [0.1, 0.15) is 12.4 Å². The number of aliphatic hydroxyl groups excluding tert-OH is 1. The Morgan fingerprint density at radius 1 is 1.17 bits per heavy atom. The van der Waals surface area contributed by atoms with Gasteiger partial charge in [0.25, 0.3) is 0 Å². The molecule has 1 saturated carbocycles. The molecule has 5 nitrogen and oxygen atoms in total. The van der Waals surface area contributed by atoms with Crippen LogP contribution in [0.15, 0.2) is 22.7 Å². The summed E-state index contributed by atoms with van der Waals surface area (Å²) >= 11 is 3.69. The molecule has 2 aliphatic rings. The van der Waals surface area contributed by atoms with Gasteiger partial charge in [-0.2, -0.15) is 0 Å². The fourth-order valence-electron chi connectivity index (χ4n) is 5.03. The molecule has 1 aromatic carbocycles. The van der Waals surface area contributed by atoms with Crippen molar-refractivity contribution < 1.29 is 14.6 Å². The zero-order valence-electron chi connectivity index (χ0n) is 18.2. The van der Waals surface area contributed by atoms with E-state index in [1.165, 1.54) is 68.2 Å². The SMILES string of the molecule is COc1ccc(Br)c(CC2CCN(CCC[C@H]3CC[C@H](NC(=O)CO)CC3)CC2)c1. The zero-order chi connectivity index (χ0) is 21.3. The summed E-state index contributed by atoms with van der Waals surface area (Å²) in [5.74, 6) is 2.26. The van der Waals surface area contributed by atoms with Crippen molar-refractivity contribution in [3.63, 3.8) is 0 Å². The van der Waals surface area contributed by atoms with E-state index in [4.69, 9.17) is 9.84 Å². The smallest absolute Gasteiger partial charge is 0.245 e. The van der Waals surface area contributed by atoms with Crippen LogP contribution in [0.1, 0.15) is 56.9 Å². The first-order valence-corrected chi connectivity index (χ1v) is 12.3. The van der Waals surface area contributed by atoms with Crippen LogP contribution in [0.5, 0.6) is 5.75 Å². The van der Waals surface area contributed by atoms with Gasteiger partial charge in [-0.3, -0.25) is 4.79 Å². The largest absolute Gasteiger partial charge is 0.497 e. The van der Waals surface area contributed by atoms with Crippen LogP contribution >= 0.6 is 15.9 Å². The maximum atomic E-state index is 11.3. The number of nitrogens with zero attached hydrogens (tertiary/aromatic N) is 1. The molecule has 1 aliphatic carbocycles. The molecule has 1 heterocycles. The Balaban J connectivity index is 1.30. The number of nitrogens with one attached hydrogen (secondary N) is 1. The van der Waals surface area contributed by atoms with Crippen molar-refractivity contribution in [2.24, 2.45) is 11.8 Å². The van der Waals surface area contributed by atoms with Gasteiger partial charge in [-0.15, -0.1) is 0 Å². The average molecular weight is 481 g/mol. The molecule has 1 aliphatic heterocycles. The molecule has 0 radical (unpaired) electrons. The van der Waals surface area contributed by atoms with Crippen molar-refractivity contribution in [3.8, 4) is 5.75 Å². The molecule has 1 aromatic rings. The van der Waals surface area contributed by atoms with E-state index in [0.29, 0.717) is 0 Å². The molecule has 0 unspecified atom stereocenters. The molecule has 0 bridgehead atoms. The summed E-state index contributed by atoms with van der Waals surface area (Å²) in [6, 6.07) is 6.54. The van der Waals surface area contributed by atoms with Crippen LogP contribution in [0.2, 0.25) is 0 Å². The average Bonchev–Trinajstić information content (AvgIpc) is 2.77. The molecule has 2 N–H and O–H groups in total. The lowest BCUT2D eigenvalue weighted by atomic mass is 9.83. The Morgan fingerprint density at radius 3 is 2.57 bits per heavy atom. The maximum absolute atomic E-state index is 11.3. The Bertz CT molecular complexity index is 668. The van der Waals surface area contributed by atoms with Crippen LogP contribution in [0, 0.1) is 11.8 Å². The van der Waals surface area contributed by atoms with Crippen LogP contribution in [0.4, 0.5) is 0 Å². The number of halogens is 1. The third kappa shape index (κ3) is 7.24. The van der Waals surface area contributed by atoms with Gasteiger partial charge in [-0.25, -0.2) is 0 Å². The minimum Gasteiger partial charge on any atom is -0.497 e. The molecule has 2 fully saturated rings. The van der Waals surface area contributed by atoms with Crippen LogP contribution < -0.4 is 10.1 Å². The molecule has 30 heavy (non-hydrogen) atoms. The number of methoxy groups -OCH3 is 1. The monoisotopic (exact) mass is 480 g/mol. The normalized spacial score (nSPS) is 23.3. The number of likely N-dealkylation sites (tertiary alicyclic amines) is 1. The highest BCUT2D eigenvalue weighted by molar-refractivity contribution is 9.10. The molecular formula is C24H37BrN2O3. The van der Waals surface area contributed by atoms with Crippen LogP contribution in [-0.2, 0) is 11.2 Å². The number of benzene rings is 1. The molecule has 0 aromatic heterocycles. The van der Waals surface area contributed by atoms with Gasteiger partial charge < -0.3 is 20.1 Å². The lowest BCUT2D eigenvalue weighted by Gasteiger charge is -2.33. The van der Waals surface area contributed by atoms with Crippen molar-refractivity contribution in [3.05, 3.63) is 28.2 Å². The third-order valence-corrected chi connectivity index (χ3v) is 7.68. The third-order valence-electron chi connectivity index (χ3n) is 6.91. The second-order valence-corrected chi connectivity index (χ2v) is 9.89. The number of hydrogen-bond donors (Lipinski definition) is 2. The molecular weight excluding hydrogens is 444 g/mol. The molecule has 3 rings (SSSR count). The van der Waals surface area contributed by atoms with E-state index in [1.54, 1.807) is 7.11 Å². The molecule has 1 amide bonds. The first kappa shape index (κ1) is 23.6. The summed E-state index contributed by atoms with van der Waals surface area (Å²) in [6.07, 6.45) is 10.8. The number of piperidine rings is 1. The highest BCUT2D eigenvalue weighted by atomic mass is 79.9. The van der Waals surface area contributed by atoms with Crippen molar-refractivity contribution in [1.82, 2.24) is 10.2 Å². The second kappa shape index (κ2) is 12.1. The Hall–Kier alpha value is -1.11. The number of carbonyl (C=O) groups is 1. The quantitative estimate of drug-likeness (QED) is 0.556. The first-order chi connectivity index (χ1) is 14.6. The van der Waals surface area contributed by atoms with Gasteiger partial charge in [-0.05, 0) is 113 Å². The van der Waals surface area contributed by atoms with E-state index in [0.717, 1.165) is 36.8 Å².